The van der Waals surface area contributed by atoms with E-state index >= 15 is 0 Å². The zero-order chi connectivity index (χ0) is 28.2. The average molecular weight is 572 g/mol. The maximum Gasteiger partial charge on any atom is 0.254 e. The minimum Gasteiger partial charge on any atom is -0.349 e. The summed E-state index contributed by atoms with van der Waals surface area (Å²) in [5.74, 6) is -0.116. The minimum absolute atomic E-state index is 0.0171. The number of nitrogens with one attached hydrogen (secondary N) is 4. The number of aromatic nitrogens is 2. The normalized spacial score (nSPS) is 14.6. The predicted molar refractivity (Wildman–Crippen MR) is 160 cm³/mol. The van der Waals surface area contributed by atoms with Gasteiger partial charge in [-0.1, -0.05) is 11.6 Å². The molecule has 0 spiro atoms. The standard InChI is InChI=1S/C28H35ClFN7OS/c1-17-16-31-27(35-25(17)32-20-7-9-22(29)24(15-20)36-39-28(2,3)4)34-19-6-8-21(23(30)14-19)26(38)33-18-10-12-37(5)13-11-18/h6-9,14-16,18,36H,10-13H2,1-5H3,(H,33,38)(H2,31,32,34,35). The molecule has 1 fully saturated rings. The zero-order valence-corrected chi connectivity index (χ0v) is 24.4. The SMILES string of the molecule is Cc1cnc(Nc2ccc(C(=O)NC3CCN(C)CC3)c(F)c2)nc1Nc1ccc(Cl)c(NSC(C)(C)C)c1. The van der Waals surface area contributed by atoms with Crippen LogP contribution in [0.5, 0.6) is 0 Å². The molecule has 4 N–H and O–H groups in total. The Morgan fingerprint density at radius 3 is 2.49 bits per heavy atom. The van der Waals surface area contributed by atoms with Crippen molar-refractivity contribution in [1.29, 1.82) is 0 Å². The first-order chi connectivity index (χ1) is 18.5. The van der Waals surface area contributed by atoms with Gasteiger partial charge in [-0.15, -0.1) is 0 Å². The van der Waals surface area contributed by atoms with Crippen LogP contribution in [0, 0.1) is 12.7 Å². The molecule has 0 saturated carbocycles. The number of anilines is 5. The fraction of sp³-hybridized carbons (Fsp3) is 0.393. The fourth-order valence-corrected chi connectivity index (χ4v) is 4.78. The second-order valence-corrected chi connectivity index (χ2v) is 12.8. The van der Waals surface area contributed by atoms with Gasteiger partial charge in [0.2, 0.25) is 5.95 Å². The number of likely N-dealkylation sites (tertiary alicyclic amines) is 1. The Kier molecular flexibility index (Phi) is 9.19. The van der Waals surface area contributed by atoms with Crippen molar-refractivity contribution in [3.63, 3.8) is 0 Å². The van der Waals surface area contributed by atoms with Crippen LogP contribution in [0.1, 0.15) is 49.5 Å². The molecule has 1 aliphatic heterocycles. The Morgan fingerprint density at radius 1 is 1.10 bits per heavy atom. The van der Waals surface area contributed by atoms with Crippen LogP contribution in [-0.2, 0) is 0 Å². The van der Waals surface area contributed by atoms with Crippen molar-refractivity contribution >= 4 is 58.3 Å². The largest absolute Gasteiger partial charge is 0.349 e. The summed E-state index contributed by atoms with van der Waals surface area (Å²) in [5, 5.41) is 9.91. The molecule has 1 aliphatic rings. The summed E-state index contributed by atoms with van der Waals surface area (Å²) < 4.78 is 18.2. The van der Waals surface area contributed by atoms with Gasteiger partial charge in [-0.25, -0.2) is 9.37 Å². The molecule has 0 radical (unpaired) electrons. The molecule has 1 saturated heterocycles. The molecule has 11 heteroatoms. The molecule has 8 nitrogen and oxygen atoms in total. The number of carbonyl (C=O) groups is 1. The molecule has 39 heavy (non-hydrogen) atoms. The van der Waals surface area contributed by atoms with E-state index < -0.39 is 11.7 Å². The first-order valence-electron chi connectivity index (χ1n) is 12.9. The number of halogens is 2. The molecule has 208 valence electrons. The van der Waals surface area contributed by atoms with E-state index in [1.54, 1.807) is 24.2 Å². The van der Waals surface area contributed by atoms with E-state index in [0.717, 1.165) is 42.9 Å². The topological polar surface area (TPSA) is 94.2 Å². The van der Waals surface area contributed by atoms with Crippen LogP contribution in [0.4, 0.5) is 33.2 Å². The smallest absolute Gasteiger partial charge is 0.254 e. The number of aryl methyl sites for hydroxylation is 1. The lowest BCUT2D eigenvalue weighted by molar-refractivity contribution is 0.0913. The Morgan fingerprint density at radius 2 is 1.79 bits per heavy atom. The van der Waals surface area contributed by atoms with E-state index in [0.29, 0.717) is 22.5 Å². The van der Waals surface area contributed by atoms with E-state index in [4.69, 9.17) is 11.6 Å². The molecule has 0 unspecified atom stereocenters. The van der Waals surface area contributed by atoms with Crippen LogP contribution in [0.25, 0.3) is 0 Å². The number of piperidine rings is 1. The van der Waals surface area contributed by atoms with Crippen molar-refractivity contribution in [3.8, 4) is 0 Å². The van der Waals surface area contributed by atoms with Crippen molar-refractivity contribution in [1.82, 2.24) is 20.2 Å². The maximum atomic E-state index is 14.9. The molecule has 2 heterocycles. The monoisotopic (exact) mass is 571 g/mol. The third kappa shape index (κ3) is 8.20. The van der Waals surface area contributed by atoms with Gasteiger partial charge in [-0.05, 0) is 109 Å². The van der Waals surface area contributed by atoms with Crippen LogP contribution in [0.3, 0.4) is 0 Å². The highest BCUT2D eigenvalue weighted by atomic mass is 35.5. The van der Waals surface area contributed by atoms with E-state index in [9.17, 15) is 9.18 Å². The maximum absolute atomic E-state index is 14.9. The van der Waals surface area contributed by atoms with Gasteiger partial charge >= 0.3 is 0 Å². The molecule has 1 aromatic heterocycles. The summed E-state index contributed by atoms with van der Waals surface area (Å²) in [6, 6.07) is 10.1. The number of hydrogen-bond donors (Lipinski definition) is 4. The van der Waals surface area contributed by atoms with E-state index in [1.807, 2.05) is 25.1 Å². The Labute approximate surface area is 238 Å². The van der Waals surface area contributed by atoms with Crippen molar-refractivity contribution in [2.75, 3.05) is 35.5 Å². The Bertz CT molecular complexity index is 1330. The molecule has 3 aromatic rings. The molecule has 4 rings (SSSR count). The third-order valence-corrected chi connectivity index (χ3v) is 7.46. The quantitative estimate of drug-likeness (QED) is 0.221. The van der Waals surface area contributed by atoms with E-state index in [2.05, 4.69) is 63.4 Å². The van der Waals surface area contributed by atoms with Crippen molar-refractivity contribution in [2.24, 2.45) is 0 Å². The van der Waals surface area contributed by atoms with Gasteiger partial charge in [0.05, 0.1) is 16.3 Å². The van der Waals surface area contributed by atoms with Gasteiger partial charge in [0, 0.05) is 33.9 Å². The number of nitrogens with zero attached hydrogens (tertiary/aromatic N) is 3. The van der Waals surface area contributed by atoms with E-state index in [1.165, 1.54) is 12.1 Å². The molecule has 0 bridgehead atoms. The molecule has 0 atom stereocenters. The van der Waals surface area contributed by atoms with Gasteiger partial charge in [-0.2, -0.15) is 4.98 Å². The molecule has 1 amide bonds. The summed E-state index contributed by atoms with van der Waals surface area (Å²) in [6.45, 7) is 10.1. The summed E-state index contributed by atoms with van der Waals surface area (Å²) in [6.07, 6.45) is 3.39. The first-order valence-corrected chi connectivity index (χ1v) is 14.1. The molecular weight excluding hydrogens is 537 g/mol. The zero-order valence-electron chi connectivity index (χ0n) is 22.9. The summed E-state index contributed by atoms with van der Waals surface area (Å²) in [4.78, 5) is 23.8. The van der Waals surface area contributed by atoms with Crippen LogP contribution >= 0.6 is 23.5 Å². The lowest BCUT2D eigenvalue weighted by Gasteiger charge is -2.29. The number of rotatable bonds is 8. The number of carbonyl (C=O) groups excluding carboxylic acids is 1. The Balaban J connectivity index is 1.43. The summed E-state index contributed by atoms with van der Waals surface area (Å²) in [7, 11) is 2.06. The average Bonchev–Trinajstić information content (AvgIpc) is 2.87. The Hall–Kier alpha value is -3.08. The highest BCUT2D eigenvalue weighted by molar-refractivity contribution is 8.01. The summed E-state index contributed by atoms with van der Waals surface area (Å²) in [5.41, 5.74) is 2.89. The lowest BCUT2D eigenvalue weighted by Crippen LogP contribution is -2.43. The number of hydrogen-bond acceptors (Lipinski definition) is 8. The van der Waals surface area contributed by atoms with E-state index in [-0.39, 0.29) is 16.4 Å². The highest BCUT2D eigenvalue weighted by Crippen LogP contribution is 2.33. The summed E-state index contributed by atoms with van der Waals surface area (Å²) >= 11 is 7.96. The highest BCUT2D eigenvalue weighted by Gasteiger charge is 2.21. The minimum atomic E-state index is -0.606. The van der Waals surface area contributed by atoms with Crippen molar-refractivity contribution in [3.05, 3.63) is 64.6 Å². The molecule has 2 aromatic carbocycles. The van der Waals surface area contributed by atoms with Crippen molar-refractivity contribution < 1.29 is 9.18 Å². The van der Waals surface area contributed by atoms with Gasteiger partial charge in [0.1, 0.15) is 11.6 Å². The second-order valence-electron chi connectivity index (χ2n) is 10.7. The van der Waals surface area contributed by atoms with Crippen molar-refractivity contribution in [2.45, 2.75) is 51.3 Å². The van der Waals surface area contributed by atoms with Crippen LogP contribution in [0.2, 0.25) is 5.02 Å². The predicted octanol–water partition coefficient (Wildman–Crippen LogP) is 6.75. The van der Waals surface area contributed by atoms with Gasteiger partial charge < -0.3 is 25.6 Å². The number of amides is 1. The lowest BCUT2D eigenvalue weighted by atomic mass is 10.0. The van der Waals surface area contributed by atoms with Crippen LogP contribution in [-0.4, -0.2) is 51.7 Å². The second kappa shape index (κ2) is 12.4. The van der Waals surface area contributed by atoms with Crippen LogP contribution in [0.15, 0.2) is 42.6 Å². The molecular formula is C28H35ClFN7OS. The van der Waals surface area contributed by atoms with Gasteiger partial charge in [-0.3, -0.25) is 4.79 Å². The first kappa shape index (κ1) is 28.9. The van der Waals surface area contributed by atoms with Gasteiger partial charge in [0.25, 0.3) is 5.91 Å². The molecule has 0 aliphatic carbocycles. The van der Waals surface area contributed by atoms with Crippen LogP contribution < -0.4 is 20.7 Å². The third-order valence-electron chi connectivity index (χ3n) is 6.19. The van der Waals surface area contributed by atoms with Gasteiger partial charge in [0.15, 0.2) is 0 Å². The number of benzene rings is 2. The fourth-order valence-electron chi connectivity index (χ4n) is 3.98.